The summed E-state index contributed by atoms with van der Waals surface area (Å²) in [6, 6.07) is 0. The Labute approximate surface area is 121 Å². The Morgan fingerprint density at radius 1 is 0.684 bits per heavy atom. The van der Waals surface area contributed by atoms with Crippen LogP contribution in [-0.4, -0.2) is 17.9 Å². The number of aliphatic hydroxyl groups excluding tert-OH is 1. The lowest BCUT2D eigenvalue weighted by atomic mass is 10.1. The SMILES string of the molecule is CCCCCCCCCCCCCCNC(O)CC. The molecule has 2 heteroatoms. The molecule has 0 aromatic rings. The van der Waals surface area contributed by atoms with Crippen LogP contribution >= 0.6 is 0 Å². The van der Waals surface area contributed by atoms with E-state index in [1.54, 1.807) is 0 Å². The molecule has 0 rings (SSSR count). The second-order valence-corrected chi connectivity index (χ2v) is 5.77. The van der Waals surface area contributed by atoms with Gasteiger partial charge in [0.1, 0.15) is 6.23 Å². The Morgan fingerprint density at radius 3 is 1.53 bits per heavy atom. The molecule has 0 fully saturated rings. The zero-order valence-electron chi connectivity index (χ0n) is 13.4. The highest BCUT2D eigenvalue weighted by Gasteiger charge is 1.97. The molecule has 0 aliphatic heterocycles. The number of hydrogen-bond acceptors (Lipinski definition) is 2. The predicted octanol–water partition coefficient (Wildman–Crippen LogP) is 5.01. The largest absolute Gasteiger partial charge is 0.379 e. The van der Waals surface area contributed by atoms with Crippen LogP contribution in [-0.2, 0) is 0 Å². The molecule has 0 heterocycles. The molecule has 1 unspecified atom stereocenters. The number of rotatable bonds is 15. The fourth-order valence-electron chi connectivity index (χ4n) is 2.38. The van der Waals surface area contributed by atoms with Gasteiger partial charge in [-0.1, -0.05) is 84.5 Å². The van der Waals surface area contributed by atoms with E-state index in [0.29, 0.717) is 0 Å². The second-order valence-electron chi connectivity index (χ2n) is 5.77. The van der Waals surface area contributed by atoms with Gasteiger partial charge in [0, 0.05) is 0 Å². The van der Waals surface area contributed by atoms with Crippen LogP contribution in [0.3, 0.4) is 0 Å². The van der Waals surface area contributed by atoms with Gasteiger partial charge in [-0.3, -0.25) is 5.32 Å². The molecule has 0 aliphatic carbocycles. The van der Waals surface area contributed by atoms with Crippen LogP contribution in [0.15, 0.2) is 0 Å². The molecule has 0 amide bonds. The molecule has 0 aromatic carbocycles. The lowest BCUT2D eigenvalue weighted by Gasteiger charge is -2.09. The molecule has 0 bridgehead atoms. The van der Waals surface area contributed by atoms with E-state index in [4.69, 9.17) is 0 Å². The molecular weight excluding hydrogens is 234 g/mol. The minimum atomic E-state index is -0.298. The molecule has 0 spiro atoms. The quantitative estimate of drug-likeness (QED) is 0.324. The molecule has 116 valence electrons. The van der Waals surface area contributed by atoms with E-state index in [-0.39, 0.29) is 6.23 Å². The molecule has 0 aromatic heterocycles. The summed E-state index contributed by atoms with van der Waals surface area (Å²) in [5, 5.41) is 12.4. The molecule has 0 radical (unpaired) electrons. The van der Waals surface area contributed by atoms with Gasteiger partial charge in [0.05, 0.1) is 0 Å². The monoisotopic (exact) mass is 271 g/mol. The summed E-state index contributed by atoms with van der Waals surface area (Å²) in [5.41, 5.74) is 0. The summed E-state index contributed by atoms with van der Waals surface area (Å²) >= 11 is 0. The van der Waals surface area contributed by atoms with Gasteiger partial charge < -0.3 is 5.11 Å². The Balaban J connectivity index is 2.95. The van der Waals surface area contributed by atoms with Crippen LogP contribution in [0.5, 0.6) is 0 Å². The number of nitrogens with one attached hydrogen (secondary N) is 1. The van der Waals surface area contributed by atoms with Crippen LogP contribution < -0.4 is 5.32 Å². The Hall–Kier alpha value is -0.0800. The minimum Gasteiger partial charge on any atom is -0.379 e. The first-order chi connectivity index (χ1) is 9.31. The van der Waals surface area contributed by atoms with Gasteiger partial charge in [0.2, 0.25) is 0 Å². The van der Waals surface area contributed by atoms with Crippen LogP contribution in [0, 0.1) is 0 Å². The second kappa shape index (κ2) is 16.0. The van der Waals surface area contributed by atoms with Crippen LogP contribution in [0.1, 0.15) is 97.3 Å². The maximum absolute atomic E-state index is 9.32. The van der Waals surface area contributed by atoms with E-state index in [0.717, 1.165) is 13.0 Å². The van der Waals surface area contributed by atoms with E-state index in [9.17, 15) is 5.11 Å². The lowest BCUT2D eigenvalue weighted by molar-refractivity contribution is 0.133. The highest BCUT2D eigenvalue weighted by Crippen LogP contribution is 2.11. The fraction of sp³-hybridized carbons (Fsp3) is 1.00. The predicted molar refractivity (Wildman–Crippen MR) is 85.4 cm³/mol. The number of unbranched alkanes of at least 4 members (excludes halogenated alkanes) is 11. The minimum absolute atomic E-state index is 0.298. The van der Waals surface area contributed by atoms with Crippen LogP contribution in [0.2, 0.25) is 0 Å². The smallest absolute Gasteiger partial charge is 0.104 e. The van der Waals surface area contributed by atoms with E-state index in [1.807, 2.05) is 6.92 Å². The van der Waals surface area contributed by atoms with Crippen molar-refractivity contribution in [3.63, 3.8) is 0 Å². The molecule has 0 saturated carbocycles. The zero-order valence-corrected chi connectivity index (χ0v) is 13.4. The third-order valence-corrected chi connectivity index (χ3v) is 3.80. The third kappa shape index (κ3) is 15.9. The van der Waals surface area contributed by atoms with Crippen LogP contribution in [0.4, 0.5) is 0 Å². The average Bonchev–Trinajstić information content (AvgIpc) is 2.43. The van der Waals surface area contributed by atoms with Gasteiger partial charge >= 0.3 is 0 Å². The fourth-order valence-corrected chi connectivity index (χ4v) is 2.38. The standard InChI is InChI=1S/C17H37NO/c1-3-5-6-7-8-9-10-11-12-13-14-15-16-18-17(19)4-2/h17-19H,3-16H2,1-2H3. The van der Waals surface area contributed by atoms with Gasteiger partial charge in [0.15, 0.2) is 0 Å². The van der Waals surface area contributed by atoms with Crippen molar-refractivity contribution >= 4 is 0 Å². The van der Waals surface area contributed by atoms with E-state index < -0.39 is 0 Å². The first-order valence-electron chi connectivity index (χ1n) is 8.72. The molecule has 19 heavy (non-hydrogen) atoms. The van der Waals surface area contributed by atoms with Crippen molar-refractivity contribution in [2.75, 3.05) is 6.54 Å². The third-order valence-electron chi connectivity index (χ3n) is 3.80. The maximum Gasteiger partial charge on any atom is 0.104 e. The van der Waals surface area contributed by atoms with Gasteiger partial charge in [-0.25, -0.2) is 0 Å². The molecule has 0 aliphatic rings. The van der Waals surface area contributed by atoms with E-state index in [1.165, 1.54) is 77.0 Å². The van der Waals surface area contributed by atoms with Crippen molar-refractivity contribution in [3.05, 3.63) is 0 Å². The molecule has 1 atom stereocenters. The first-order valence-corrected chi connectivity index (χ1v) is 8.72. The Bertz CT molecular complexity index is 161. The maximum atomic E-state index is 9.32. The first kappa shape index (κ1) is 18.9. The summed E-state index contributed by atoms with van der Waals surface area (Å²) < 4.78 is 0. The Morgan fingerprint density at radius 2 is 1.11 bits per heavy atom. The molecular formula is C17H37NO. The van der Waals surface area contributed by atoms with E-state index >= 15 is 0 Å². The van der Waals surface area contributed by atoms with Crippen molar-refractivity contribution in [2.24, 2.45) is 0 Å². The summed E-state index contributed by atoms with van der Waals surface area (Å²) in [6.07, 6.45) is 17.1. The molecule has 2 N–H and O–H groups in total. The average molecular weight is 271 g/mol. The van der Waals surface area contributed by atoms with E-state index in [2.05, 4.69) is 12.2 Å². The van der Waals surface area contributed by atoms with Crippen molar-refractivity contribution in [2.45, 2.75) is 104 Å². The normalized spacial score (nSPS) is 12.8. The highest BCUT2D eigenvalue weighted by atomic mass is 16.3. The lowest BCUT2D eigenvalue weighted by Crippen LogP contribution is -2.28. The van der Waals surface area contributed by atoms with Gasteiger partial charge in [-0.2, -0.15) is 0 Å². The molecule has 2 nitrogen and oxygen atoms in total. The van der Waals surface area contributed by atoms with Crippen molar-refractivity contribution in [1.82, 2.24) is 5.32 Å². The van der Waals surface area contributed by atoms with Gasteiger partial charge in [-0.05, 0) is 19.4 Å². The highest BCUT2D eigenvalue weighted by molar-refractivity contribution is 4.52. The molecule has 0 saturated heterocycles. The summed E-state index contributed by atoms with van der Waals surface area (Å²) in [6.45, 7) is 5.24. The van der Waals surface area contributed by atoms with Crippen molar-refractivity contribution in [1.29, 1.82) is 0 Å². The topological polar surface area (TPSA) is 32.3 Å². The van der Waals surface area contributed by atoms with Crippen molar-refractivity contribution in [3.8, 4) is 0 Å². The van der Waals surface area contributed by atoms with Crippen LogP contribution in [0.25, 0.3) is 0 Å². The number of hydrogen-bond donors (Lipinski definition) is 2. The van der Waals surface area contributed by atoms with Crippen molar-refractivity contribution < 1.29 is 5.11 Å². The summed E-state index contributed by atoms with van der Waals surface area (Å²) in [5.74, 6) is 0. The summed E-state index contributed by atoms with van der Waals surface area (Å²) in [7, 11) is 0. The van der Waals surface area contributed by atoms with Gasteiger partial charge in [0.25, 0.3) is 0 Å². The zero-order chi connectivity index (χ0) is 14.2. The van der Waals surface area contributed by atoms with Gasteiger partial charge in [-0.15, -0.1) is 0 Å². The Kier molecular flexibility index (Phi) is 15.9. The number of aliphatic hydroxyl groups is 1. The summed E-state index contributed by atoms with van der Waals surface area (Å²) in [4.78, 5) is 0.